The molecule has 0 aromatic rings. The summed E-state index contributed by atoms with van der Waals surface area (Å²) < 4.78 is 2.53. The van der Waals surface area contributed by atoms with Crippen LogP contribution in [0.3, 0.4) is 0 Å². The summed E-state index contributed by atoms with van der Waals surface area (Å²) in [5.41, 5.74) is 76.0. The number of carboxylic acids is 6. The van der Waals surface area contributed by atoms with Gasteiger partial charge < -0.3 is 160 Å². The van der Waals surface area contributed by atoms with Gasteiger partial charge in [0.05, 0.1) is 101 Å². The summed E-state index contributed by atoms with van der Waals surface area (Å²) in [5, 5.41) is 80.4. The highest BCUT2D eigenvalue weighted by Crippen LogP contribution is 2.02. The van der Waals surface area contributed by atoms with Gasteiger partial charge in [-0.2, -0.15) is 0 Å². The topological polar surface area (TPSA) is 750 Å². The summed E-state index contributed by atoms with van der Waals surface area (Å²) in [4.78, 5) is 84.7. The molecule has 0 aliphatic rings. The molecule has 0 spiro atoms. The SMILES string of the molecule is CC(C)C[C@H](N)C(=O)[O-].CC(C)C[C@H](N)C(=O)[O-].CC(N)=O.C[N+](C)(C)CCO.C[N+](C)(C)CCO.C[N+](C)(C)CCO.NC(N)=NCCC[C@H](N)C(=O)O.NC(N)=NCCC[C@H](N)C(=O)O.NC(N)=NCCC[C@H](N)C(=O)O.NC(N)=NCCC[C@H](N)C(=O)[O-]. The molecule has 0 aliphatic carbocycles. The summed E-state index contributed by atoms with van der Waals surface area (Å²) >= 11 is 0. The Morgan fingerprint density at radius 2 is 0.527 bits per heavy atom. The Kier molecular flexibility index (Phi) is 76.4. The van der Waals surface area contributed by atoms with Crippen LogP contribution in [0.4, 0.5) is 0 Å². The molecule has 0 bridgehead atoms. The van der Waals surface area contributed by atoms with E-state index in [1.54, 1.807) is 0 Å². The fourth-order valence-corrected chi connectivity index (χ4v) is 4.67. The predicted octanol–water partition coefficient (Wildman–Crippen LogP) is -10.8. The highest BCUT2D eigenvalue weighted by atomic mass is 16.4. The third-order valence-electron chi connectivity index (χ3n) is 9.49. The zero-order valence-corrected chi connectivity index (χ0v) is 56.8. The molecule has 38 nitrogen and oxygen atoms in total. The number of guanidine groups is 4. The number of aliphatic hydroxyl groups excluding tert-OH is 3. The molecule has 0 aromatic heterocycles. The highest BCUT2D eigenvalue weighted by Gasteiger charge is 2.12. The van der Waals surface area contributed by atoms with Crippen molar-refractivity contribution in [2.45, 2.75) is 135 Å². The molecule has 91 heavy (non-hydrogen) atoms. The van der Waals surface area contributed by atoms with E-state index in [0.29, 0.717) is 102 Å². The average molecular weight is 1330 g/mol. The lowest BCUT2D eigenvalue weighted by Gasteiger charge is -2.21. The number of aliphatic hydroxyl groups is 3. The minimum absolute atomic E-state index is 0.00276. The Bertz CT molecular complexity index is 1730. The number of carboxylic acid groups (broad SMARTS) is 6. The van der Waals surface area contributed by atoms with Crippen molar-refractivity contribution in [3.05, 3.63) is 0 Å². The zero-order chi connectivity index (χ0) is 74.4. The fourth-order valence-electron chi connectivity index (χ4n) is 4.67. The average Bonchev–Trinajstić information content (AvgIpc) is 3.44. The normalized spacial score (nSPS) is 12.1. The largest absolute Gasteiger partial charge is 0.548 e. The number of amides is 1. The maximum atomic E-state index is 10.2. The molecule has 0 heterocycles. The number of likely N-dealkylation sites (N-methyl/N-ethyl adjacent to an activating group) is 3. The van der Waals surface area contributed by atoms with Crippen LogP contribution < -0.4 is 101 Å². The van der Waals surface area contributed by atoms with Crippen LogP contribution in [0.2, 0.25) is 0 Å². The first-order valence-electron chi connectivity index (χ1n) is 28.7. The molecule has 38 heteroatoms. The maximum Gasteiger partial charge on any atom is 0.320 e. The number of rotatable bonds is 32. The number of nitrogens with zero attached hydrogens (tertiary/aromatic N) is 7. The van der Waals surface area contributed by atoms with Crippen molar-refractivity contribution in [3.63, 3.8) is 0 Å². The quantitative estimate of drug-likeness (QED) is 0.0129. The summed E-state index contributed by atoms with van der Waals surface area (Å²) in [6, 6.07) is -4.99. The molecule has 0 saturated carbocycles. The Labute approximate surface area is 539 Å². The van der Waals surface area contributed by atoms with E-state index >= 15 is 0 Å². The number of hydrogen-bond donors (Lipinski definition) is 21. The first kappa shape index (κ1) is 106. The monoisotopic (exact) mass is 1330 g/mol. The van der Waals surface area contributed by atoms with Gasteiger partial charge in [0.1, 0.15) is 37.8 Å². The molecule has 0 fully saturated rings. The lowest BCUT2D eigenvalue weighted by atomic mass is 10.1. The Balaban J connectivity index is -0.000000101. The number of quaternary nitrogens is 3. The molecule has 0 radical (unpaired) electrons. The minimum atomic E-state index is -1.25. The second-order valence-corrected chi connectivity index (χ2v) is 23.5. The van der Waals surface area contributed by atoms with Gasteiger partial charge in [0, 0.05) is 51.2 Å². The summed E-state index contributed by atoms with van der Waals surface area (Å²) in [5.74, 6) is -6.24. The first-order valence-corrected chi connectivity index (χ1v) is 28.7. The van der Waals surface area contributed by atoms with Crippen LogP contribution >= 0.6 is 0 Å². The molecule has 544 valence electrons. The van der Waals surface area contributed by atoms with Crippen molar-refractivity contribution < 1.29 is 93.0 Å². The summed E-state index contributed by atoms with van der Waals surface area (Å²) in [7, 11) is 18.5. The minimum Gasteiger partial charge on any atom is -0.548 e. The van der Waals surface area contributed by atoms with E-state index in [-0.39, 0.29) is 49.6 Å². The van der Waals surface area contributed by atoms with Gasteiger partial charge >= 0.3 is 17.9 Å². The van der Waals surface area contributed by atoms with Crippen LogP contribution in [0.25, 0.3) is 0 Å². The molecule has 0 aliphatic heterocycles. The Morgan fingerprint density at radius 1 is 0.363 bits per heavy atom. The van der Waals surface area contributed by atoms with Crippen molar-refractivity contribution >= 4 is 65.6 Å². The molecule has 0 saturated heterocycles. The number of carbonyl (C=O) groups excluding carboxylic acids is 4. The fraction of sp³-hybridized carbons (Fsp3) is 0.792. The number of carbonyl (C=O) groups is 7. The molecular weight excluding hydrogens is 1200 g/mol. The summed E-state index contributed by atoms with van der Waals surface area (Å²) in [6.07, 6.45) is 4.70. The molecule has 36 N–H and O–H groups in total. The highest BCUT2D eigenvalue weighted by molar-refractivity contribution is 5.77. The van der Waals surface area contributed by atoms with E-state index in [2.05, 4.69) is 89.1 Å². The number of aliphatic carboxylic acids is 6. The first-order chi connectivity index (χ1) is 41.1. The number of nitrogens with two attached hydrogens (primary N) is 15. The molecule has 0 rings (SSSR count). The number of aliphatic imine (C=N–C) groups is 4. The van der Waals surface area contributed by atoms with Crippen LogP contribution in [-0.4, -0.2) is 275 Å². The van der Waals surface area contributed by atoms with Gasteiger partial charge in [0.15, 0.2) is 23.8 Å². The van der Waals surface area contributed by atoms with Crippen LogP contribution in [0.15, 0.2) is 20.0 Å². The van der Waals surface area contributed by atoms with E-state index in [4.69, 9.17) is 111 Å². The van der Waals surface area contributed by atoms with Gasteiger partial charge in [0.2, 0.25) is 5.91 Å². The van der Waals surface area contributed by atoms with Crippen molar-refractivity contribution in [2.75, 3.05) is 129 Å². The Morgan fingerprint density at radius 3 is 0.615 bits per heavy atom. The smallest absolute Gasteiger partial charge is 0.320 e. The van der Waals surface area contributed by atoms with Crippen LogP contribution in [0, 0.1) is 11.8 Å². The van der Waals surface area contributed by atoms with Crippen molar-refractivity contribution in [1.29, 1.82) is 0 Å². The van der Waals surface area contributed by atoms with Crippen molar-refractivity contribution in [1.82, 2.24) is 0 Å². The van der Waals surface area contributed by atoms with Crippen LogP contribution in [-0.2, 0) is 33.6 Å². The maximum absolute atomic E-state index is 10.2. The van der Waals surface area contributed by atoms with Crippen molar-refractivity contribution in [2.24, 2.45) is 118 Å². The van der Waals surface area contributed by atoms with E-state index in [1.807, 2.05) is 27.7 Å². The lowest BCUT2D eigenvalue weighted by molar-refractivity contribution is -0.870. The molecule has 0 aromatic carbocycles. The number of primary amides is 1. The van der Waals surface area contributed by atoms with Gasteiger partial charge in [-0.25, -0.2) is 0 Å². The standard InChI is InChI=1S/4C6H14N4O2.2C6H13NO2.3C5H14NO.C2H5NO/c4*7-4(5(11)12)2-1-3-10-6(8)9;2*1-4(2)3-5(7)6(8)9;3*1-6(2,3)4-5-7;1-2(3)4/h4*4H,1-3,7H2,(H,11,12)(H4,8,9,10);2*4-5H,3,7H2,1-2H3,(H,8,9);3*7H,4-5H2,1-3H3;1H3,(H2,3,4)/q;;;;;;3*+1;/p-3/t4*4-;2*5-;;;;/m000000..../s1. The third-order valence-corrected chi connectivity index (χ3v) is 9.49. The number of hydrogen-bond acceptors (Lipinski definition) is 23. The van der Waals surface area contributed by atoms with Gasteiger partial charge in [-0.1, -0.05) is 27.7 Å². The van der Waals surface area contributed by atoms with Gasteiger partial charge in [0.25, 0.3) is 0 Å². The van der Waals surface area contributed by atoms with Crippen LogP contribution in [0.1, 0.15) is 98.8 Å². The second-order valence-electron chi connectivity index (χ2n) is 23.5. The molecule has 0 unspecified atom stereocenters. The van der Waals surface area contributed by atoms with E-state index in [9.17, 15) is 48.9 Å². The molecule has 6 atom stereocenters. The molecule has 1 amide bonds. The van der Waals surface area contributed by atoms with Gasteiger partial charge in [-0.05, 0) is 76.0 Å². The van der Waals surface area contributed by atoms with Gasteiger partial charge in [-0.3, -0.25) is 39.1 Å². The van der Waals surface area contributed by atoms with Gasteiger partial charge in [-0.15, -0.1) is 0 Å². The molecular formula is C53H126N22O16. The lowest BCUT2D eigenvalue weighted by Crippen LogP contribution is -2.42. The van der Waals surface area contributed by atoms with Crippen LogP contribution in [0.5, 0.6) is 0 Å². The Hall–Kier alpha value is -7.11. The third kappa shape index (κ3) is 129. The summed E-state index contributed by atoms with van der Waals surface area (Å²) in [6.45, 7) is 14.0. The van der Waals surface area contributed by atoms with Crippen molar-refractivity contribution in [3.8, 4) is 0 Å². The second kappa shape index (κ2) is 65.8. The predicted molar refractivity (Wildman–Crippen MR) is 349 cm³/mol. The van der Waals surface area contributed by atoms with E-state index in [0.717, 1.165) is 33.1 Å². The zero-order valence-electron chi connectivity index (χ0n) is 56.8. The van der Waals surface area contributed by atoms with E-state index < -0.39 is 72.1 Å². The van der Waals surface area contributed by atoms with E-state index in [1.165, 1.54) is 6.92 Å².